The number of para-hydroxylation sites is 1. The Morgan fingerprint density at radius 1 is 0.893 bits per heavy atom. The molecule has 0 bridgehead atoms. The first-order valence-corrected chi connectivity index (χ1v) is 8.95. The first-order chi connectivity index (χ1) is 13.5. The molecular weight excluding hydrogens is 399 g/mol. The second kappa shape index (κ2) is 9.17. The largest absolute Gasteiger partial charge is 0.422 e. The maximum Gasteiger partial charge on any atom is 0.343 e. The third-order valence-electron chi connectivity index (χ3n) is 3.69. The number of hydrazone groups is 1. The van der Waals surface area contributed by atoms with E-state index in [1.807, 2.05) is 0 Å². The summed E-state index contributed by atoms with van der Waals surface area (Å²) in [6.07, 6.45) is 1.39. The van der Waals surface area contributed by atoms with E-state index in [0.717, 1.165) is 0 Å². The summed E-state index contributed by atoms with van der Waals surface area (Å²) in [7, 11) is 0. The Bertz CT molecular complexity index is 1030. The topological polar surface area (TPSA) is 67.8 Å². The molecule has 3 rings (SSSR count). The molecule has 0 spiro atoms. The van der Waals surface area contributed by atoms with Crippen LogP contribution in [0.3, 0.4) is 0 Å². The summed E-state index contributed by atoms with van der Waals surface area (Å²) < 4.78 is 5.43. The van der Waals surface area contributed by atoms with Gasteiger partial charge in [0.2, 0.25) is 0 Å². The van der Waals surface area contributed by atoms with Crippen molar-refractivity contribution in [3.8, 4) is 5.75 Å². The fourth-order valence-corrected chi connectivity index (χ4v) is 2.64. The quantitative estimate of drug-likeness (QED) is 0.278. The molecule has 0 saturated heterocycles. The molecule has 0 aliphatic rings. The minimum atomic E-state index is -0.530. The molecule has 0 atom stereocenters. The molecule has 3 aromatic rings. The molecule has 0 unspecified atom stereocenters. The van der Waals surface area contributed by atoms with Crippen LogP contribution in [0.15, 0.2) is 77.9 Å². The third-order valence-corrected chi connectivity index (χ3v) is 4.27. The van der Waals surface area contributed by atoms with Crippen molar-refractivity contribution in [2.24, 2.45) is 5.10 Å². The van der Waals surface area contributed by atoms with E-state index in [-0.39, 0.29) is 0 Å². The van der Waals surface area contributed by atoms with E-state index in [4.69, 9.17) is 27.9 Å². The highest BCUT2D eigenvalue weighted by Gasteiger charge is 2.11. The van der Waals surface area contributed by atoms with E-state index in [0.29, 0.717) is 32.5 Å². The zero-order valence-corrected chi connectivity index (χ0v) is 15.9. The molecule has 7 heteroatoms. The zero-order valence-electron chi connectivity index (χ0n) is 14.4. The van der Waals surface area contributed by atoms with Gasteiger partial charge in [0.15, 0.2) is 0 Å². The van der Waals surface area contributed by atoms with Crippen molar-refractivity contribution in [2.45, 2.75) is 0 Å². The summed E-state index contributed by atoms with van der Waals surface area (Å²) in [5.74, 6) is -0.673. The number of nitrogens with zero attached hydrogens (tertiary/aromatic N) is 1. The second-order valence-electron chi connectivity index (χ2n) is 5.61. The lowest BCUT2D eigenvalue weighted by atomic mass is 10.2. The Kier molecular flexibility index (Phi) is 6.42. The smallest absolute Gasteiger partial charge is 0.343 e. The zero-order chi connectivity index (χ0) is 19.9. The van der Waals surface area contributed by atoms with Gasteiger partial charge in [0.05, 0.1) is 22.4 Å². The lowest BCUT2D eigenvalue weighted by molar-refractivity contribution is 0.0734. The van der Waals surface area contributed by atoms with Gasteiger partial charge in [0.1, 0.15) is 5.75 Å². The number of carbonyl (C=O) groups excluding carboxylic acids is 2. The second-order valence-corrected chi connectivity index (χ2v) is 6.46. The van der Waals surface area contributed by atoms with Crippen LogP contribution >= 0.6 is 23.2 Å². The molecular formula is C21H14Cl2N2O3. The van der Waals surface area contributed by atoms with Gasteiger partial charge in [-0.15, -0.1) is 0 Å². The molecule has 0 fully saturated rings. The number of amides is 1. The average molecular weight is 413 g/mol. The number of halogens is 2. The Balaban J connectivity index is 1.70. The molecule has 1 N–H and O–H groups in total. The van der Waals surface area contributed by atoms with Gasteiger partial charge in [-0.3, -0.25) is 4.79 Å². The van der Waals surface area contributed by atoms with Crippen LogP contribution in [0, 0.1) is 0 Å². The van der Waals surface area contributed by atoms with Crippen LogP contribution in [0.25, 0.3) is 0 Å². The Hall–Kier alpha value is -3.15. The summed E-state index contributed by atoms with van der Waals surface area (Å²) >= 11 is 11.8. The number of rotatable bonds is 5. The van der Waals surface area contributed by atoms with E-state index in [9.17, 15) is 9.59 Å². The monoisotopic (exact) mass is 412 g/mol. The first-order valence-electron chi connectivity index (χ1n) is 8.19. The highest BCUT2D eigenvalue weighted by molar-refractivity contribution is 6.33. The summed E-state index contributed by atoms with van der Waals surface area (Å²) in [5, 5.41) is 4.77. The number of hydrogen-bond acceptors (Lipinski definition) is 4. The number of hydrogen-bond donors (Lipinski definition) is 1. The van der Waals surface area contributed by atoms with E-state index in [2.05, 4.69) is 10.5 Å². The van der Waals surface area contributed by atoms with Crippen LogP contribution in [-0.2, 0) is 0 Å². The van der Waals surface area contributed by atoms with Crippen molar-refractivity contribution in [1.82, 2.24) is 5.43 Å². The van der Waals surface area contributed by atoms with Gasteiger partial charge in [-0.25, -0.2) is 10.2 Å². The Morgan fingerprint density at radius 2 is 1.57 bits per heavy atom. The van der Waals surface area contributed by atoms with Crippen LogP contribution in [0.1, 0.15) is 26.3 Å². The first kappa shape index (κ1) is 19.6. The minimum absolute atomic E-state index is 0.304. The number of carbonyl (C=O) groups is 2. The highest BCUT2D eigenvalue weighted by atomic mass is 35.5. The molecule has 3 aromatic carbocycles. The van der Waals surface area contributed by atoms with E-state index >= 15 is 0 Å². The van der Waals surface area contributed by atoms with Crippen LogP contribution in [0.2, 0.25) is 10.0 Å². The van der Waals surface area contributed by atoms with Gasteiger partial charge in [0.25, 0.3) is 5.91 Å². The Morgan fingerprint density at radius 3 is 2.32 bits per heavy atom. The van der Waals surface area contributed by atoms with Gasteiger partial charge in [-0.1, -0.05) is 47.5 Å². The lowest BCUT2D eigenvalue weighted by Crippen LogP contribution is -2.18. The number of esters is 1. The standard InChI is InChI=1S/C21H14Cl2N2O3/c22-16-11-9-14(10-12-16)21(27)28-19-8-4-1-5-15(19)13-24-25-20(26)17-6-2-3-7-18(17)23/h1-13H,(H,25,26). The van der Waals surface area contributed by atoms with Crippen LogP contribution in [-0.4, -0.2) is 18.1 Å². The van der Waals surface area contributed by atoms with Crippen molar-refractivity contribution in [2.75, 3.05) is 0 Å². The number of ether oxygens (including phenoxy) is 1. The lowest BCUT2D eigenvalue weighted by Gasteiger charge is -2.07. The van der Waals surface area contributed by atoms with Crippen LogP contribution in [0.5, 0.6) is 5.75 Å². The maximum atomic E-state index is 12.3. The summed E-state index contributed by atoms with van der Waals surface area (Å²) in [5.41, 5.74) is 3.59. The molecule has 0 heterocycles. The van der Waals surface area contributed by atoms with Crippen molar-refractivity contribution in [3.05, 3.63) is 99.5 Å². The van der Waals surface area contributed by atoms with Crippen molar-refractivity contribution in [3.63, 3.8) is 0 Å². The fraction of sp³-hybridized carbons (Fsp3) is 0. The predicted molar refractivity (Wildman–Crippen MR) is 109 cm³/mol. The van der Waals surface area contributed by atoms with Gasteiger partial charge in [-0.2, -0.15) is 5.10 Å². The van der Waals surface area contributed by atoms with Crippen LogP contribution in [0.4, 0.5) is 0 Å². The molecule has 5 nitrogen and oxygen atoms in total. The molecule has 0 aliphatic heterocycles. The van der Waals surface area contributed by atoms with E-state index in [1.54, 1.807) is 72.8 Å². The predicted octanol–water partition coefficient (Wildman–Crippen LogP) is 4.98. The van der Waals surface area contributed by atoms with E-state index < -0.39 is 11.9 Å². The summed E-state index contributed by atoms with van der Waals surface area (Å²) in [4.78, 5) is 24.4. The summed E-state index contributed by atoms with van der Waals surface area (Å²) in [6, 6.07) is 19.8. The minimum Gasteiger partial charge on any atom is -0.422 e. The van der Waals surface area contributed by atoms with E-state index in [1.165, 1.54) is 6.21 Å². The van der Waals surface area contributed by atoms with Gasteiger partial charge >= 0.3 is 5.97 Å². The average Bonchev–Trinajstić information content (AvgIpc) is 2.70. The Labute approximate surface area is 171 Å². The SMILES string of the molecule is O=C(Oc1ccccc1C=NNC(=O)c1ccccc1Cl)c1ccc(Cl)cc1. The highest BCUT2D eigenvalue weighted by Crippen LogP contribution is 2.19. The molecule has 140 valence electrons. The molecule has 1 amide bonds. The third kappa shape index (κ3) is 4.97. The molecule has 0 aliphatic carbocycles. The summed E-state index contributed by atoms with van der Waals surface area (Å²) in [6.45, 7) is 0. The van der Waals surface area contributed by atoms with Gasteiger partial charge in [-0.05, 0) is 48.5 Å². The number of benzene rings is 3. The van der Waals surface area contributed by atoms with Crippen molar-refractivity contribution < 1.29 is 14.3 Å². The molecule has 0 aromatic heterocycles. The molecule has 0 radical (unpaired) electrons. The van der Waals surface area contributed by atoms with Crippen LogP contribution < -0.4 is 10.2 Å². The normalized spacial score (nSPS) is 10.6. The number of nitrogens with one attached hydrogen (secondary N) is 1. The van der Waals surface area contributed by atoms with Crippen molar-refractivity contribution in [1.29, 1.82) is 0 Å². The van der Waals surface area contributed by atoms with Crippen molar-refractivity contribution >= 4 is 41.3 Å². The molecule has 28 heavy (non-hydrogen) atoms. The van der Waals surface area contributed by atoms with Gasteiger partial charge in [0, 0.05) is 10.6 Å². The van der Waals surface area contributed by atoms with Gasteiger partial charge < -0.3 is 4.74 Å². The fourth-order valence-electron chi connectivity index (χ4n) is 2.29. The maximum absolute atomic E-state index is 12.3. The molecule has 0 saturated carbocycles.